The van der Waals surface area contributed by atoms with Crippen molar-refractivity contribution in [3.63, 3.8) is 0 Å². The Balaban J connectivity index is 2.02. The molecule has 10 heteroatoms. The topological polar surface area (TPSA) is 105 Å². The Morgan fingerprint density at radius 1 is 0.929 bits per heavy atom. The van der Waals surface area contributed by atoms with Crippen LogP contribution >= 0.6 is 0 Å². The van der Waals surface area contributed by atoms with Gasteiger partial charge < -0.3 is 19.7 Å². The molecule has 0 saturated heterocycles. The van der Waals surface area contributed by atoms with Crippen LogP contribution in [-0.2, 0) is 26.2 Å². The van der Waals surface area contributed by atoms with E-state index >= 15 is 0 Å². The fourth-order valence-electron chi connectivity index (χ4n) is 4.24. The fourth-order valence-corrected chi connectivity index (χ4v) is 5.66. The zero-order valence-corrected chi connectivity index (χ0v) is 26.0. The van der Waals surface area contributed by atoms with Gasteiger partial charge in [-0.1, -0.05) is 43.7 Å². The van der Waals surface area contributed by atoms with Crippen LogP contribution in [0.15, 0.2) is 77.7 Å². The number of benzene rings is 3. The van der Waals surface area contributed by atoms with Crippen LogP contribution in [0.25, 0.3) is 0 Å². The maximum atomic E-state index is 14.1. The second-order valence-corrected chi connectivity index (χ2v) is 12.3. The average molecular weight is 596 g/mol. The molecule has 0 aromatic heterocycles. The van der Waals surface area contributed by atoms with E-state index < -0.39 is 28.5 Å². The summed E-state index contributed by atoms with van der Waals surface area (Å²) in [5, 5.41) is 2.89. The number of sulfonamides is 1. The molecule has 0 bridgehead atoms. The lowest BCUT2D eigenvalue weighted by atomic mass is 10.1. The Hall–Kier alpha value is -4.05. The predicted molar refractivity (Wildman–Crippen MR) is 164 cm³/mol. The van der Waals surface area contributed by atoms with E-state index in [9.17, 15) is 18.0 Å². The fraction of sp³-hybridized carbons (Fsp3) is 0.375. The monoisotopic (exact) mass is 595 g/mol. The molecule has 2 amide bonds. The number of amides is 2. The summed E-state index contributed by atoms with van der Waals surface area (Å²) in [6.07, 6.45) is 0. The highest BCUT2D eigenvalue weighted by Gasteiger charge is 2.32. The number of rotatable bonds is 14. The molecule has 1 N–H and O–H groups in total. The van der Waals surface area contributed by atoms with Crippen molar-refractivity contribution in [3.8, 4) is 11.5 Å². The molecule has 3 aromatic rings. The van der Waals surface area contributed by atoms with Crippen LogP contribution in [0.1, 0.15) is 38.8 Å². The summed E-state index contributed by atoms with van der Waals surface area (Å²) in [4.78, 5) is 28.6. The molecule has 0 saturated carbocycles. The Kier molecular flexibility index (Phi) is 11.4. The van der Waals surface area contributed by atoms with Crippen molar-refractivity contribution in [2.45, 2.75) is 52.1 Å². The number of hydrogen-bond acceptors (Lipinski definition) is 6. The molecule has 0 unspecified atom stereocenters. The first-order valence-electron chi connectivity index (χ1n) is 14.0. The molecule has 3 aromatic carbocycles. The molecule has 0 aliphatic carbocycles. The van der Waals surface area contributed by atoms with Crippen LogP contribution < -0.4 is 19.1 Å². The molecule has 0 spiro atoms. The minimum Gasteiger partial charge on any atom is -0.497 e. The second kappa shape index (κ2) is 14.7. The number of carbonyl (C=O) groups excluding carboxylic acids is 2. The Bertz CT molecular complexity index is 1440. The number of anilines is 1. The first kappa shape index (κ1) is 32.5. The largest absolute Gasteiger partial charge is 0.497 e. The van der Waals surface area contributed by atoms with E-state index in [2.05, 4.69) is 5.32 Å². The van der Waals surface area contributed by atoms with Gasteiger partial charge in [0.2, 0.25) is 11.8 Å². The zero-order chi connectivity index (χ0) is 30.9. The molecule has 0 aliphatic heterocycles. The molecular weight excluding hydrogens is 554 g/mol. The molecule has 9 nitrogen and oxygen atoms in total. The van der Waals surface area contributed by atoms with Crippen LogP contribution in [0, 0.1) is 12.8 Å². The lowest BCUT2D eigenvalue weighted by Crippen LogP contribution is -2.51. The first-order chi connectivity index (χ1) is 20.0. The molecule has 0 radical (unpaired) electrons. The molecule has 0 aliphatic rings. The van der Waals surface area contributed by atoms with E-state index in [-0.39, 0.29) is 23.3 Å². The molecule has 226 valence electrons. The van der Waals surface area contributed by atoms with Crippen LogP contribution in [0.5, 0.6) is 11.5 Å². The Morgan fingerprint density at radius 2 is 1.60 bits per heavy atom. The van der Waals surface area contributed by atoms with E-state index in [1.54, 1.807) is 68.6 Å². The van der Waals surface area contributed by atoms with Crippen LogP contribution in [-0.4, -0.2) is 58.0 Å². The van der Waals surface area contributed by atoms with E-state index in [0.717, 1.165) is 15.4 Å². The standard InChI is InChI=1S/C32H41N3O6S/c1-7-41-28-15-13-27(14-16-28)35(42(38,39)30-17-11-24(4)12-18-30)22-31(36)34(25(5)32(37)33-20-23(2)3)21-26-9-8-10-29(19-26)40-6/h8-19,23,25H,7,20-22H2,1-6H3,(H,33,37)/t25-/m1/s1. The number of ether oxygens (including phenoxy) is 2. The van der Waals surface area contributed by atoms with Gasteiger partial charge in [-0.15, -0.1) is 0 Å². The molecule has 3 rings (SSSR count). The number of carbonyl (C=O) groups is 2. The highest BCUT2D eigenvalue weighted by atomic mass is 32.2. The van der Waals surface area contributed by atoms with Crippen molar-refractivity contribution >= 4 is 27.5 Å². The minimum absolute atomic E-state index is 0.0526. The second-order valence-electron chi connectivity index (χ2n) is 10.4. The van der Waals surface area contributed by atoms with Crippen LogP contribution in [0.4, 0.5) is 5.69 Å². The zero-order valence-electron chi connectivity index (χ0n) is 25.2. The predicted octanol–water partition coefficient (Wildman–Crippen LogP) is 4.79. The lowest BCUT2D eigenvalue weighted by Gasteiger charge is -2.32. The van der Waals surface area contributed by atoms with Crippen molar-refractivity contribution in [3.05, 3.63) is 83.9 Å². The summed E-state index contributed by atoms with van der Waals surface area (Å²) >= 11 is 0. The summed E-state index contributed by atoms with van der Waals surface area (Å²) < 4.78 is 39.9. The van der Waals surface area contributed by atoms with E-state index in [0.29, 0.717) is 30.3 Å². The quantitative estimate of drug-likeness (QED) is 0.288. The van der Waals surface area contributed by atoms with Crippen LogP contribution in [0.2, 0.25) is 0 Å². The van der Waals surface area contributed by atoms with Crippen molar-refractivity contribution in [1.29, 1.82) is 0 Å². The number of nitrogens with one attached hydrogen (secondary N) is 1. The van der Waals surface area contributed by atoms with Crippen LogP contribution in [0.3, 0.4) is 0 Å². The third-order valence-corrected chi connectivity index (χ3v) is 8.45. The SMILES string of the molecule is CCOc1ccc(N(CC(=O)N(Cc2cccc(OC)c2)[C@H](C)C(=O)NCC(C)C)S(=O)(=O)c2ccc(C)cc2)cc1. The average Bonchev–Trinajstić information content (AvgIpc) is 2.97. The summed E-state index contributed by atoms with van der Waals surface area (Å²) in [6.45, 7) is 9.79. The van der Waals surface area contributed by atoms with Crippen molar-refractivity contribution < 1.29 is 27.5 Å². The molecule has 0 fully saturated rings. The van der Waals surface area contributed by atoms with Crippen molar-refractivity contribution in [2.24, 2.45) is 5.92 Å². The van der Waals surface area contributed by atoms with Gasteiger partial charge in [0.25, 0.3) is 10.0 Å². The van der Waals surface area contributed by atoms with Gasteiger partial charge in [-0.2, -0.15) is 0 Å². The third-order valence-electron chi connectivity index (χ3n) is 6.66. The minimum atomic E-state index is -4.15. The highest BCUT2D eigenvalue weighted by Crippen LogP contribution is 2.27. The number of hydrogen-bond donors (Lipinski definition) is 1. The van der Waals surface area contributed by atoms with Gasteiger partial charge in [-0.3, -0.25) is 13.9 Å². The lowest BCUT2D eigenvalue weighted by molar-refractivity contribution is -0.139. The van der Waals surface area contributed by atoms with Crippen molar-refractivity contribution in [2.75, 3.05) is 31.1 Å². The van der Waals surface area contributed by atoms with Gasteiger partial charge in [0, 0.05) is 13.1 Å². The van der Waals surface area contributed by atoms with Gasteiger partial charge in [0.15, 0.2) is 0 Å². The molecule has 42 heavy (non-hydrogen) atoms. The Labute approximate surface area is 249 Å². The smallest absolute Gasteiger partial charge is 0.264 e. The van der Waals surface area contributed by atoms with Gasteiger partial charge in [0.05, 0.1) is 24.3 Å². The summed E-state index contributed by atoms with van der Waals surface area (Å²) in [5.74, 6) is 0.548. The Morgan fingerprint density at radius 3 is 2.19 bits per heavy atom. The van der Waals surface area contributed by atoms with Gasteiger partial charge >= 0.3 is 0 Å². The molecule has 0 heterocycles. The normalized spacial score (nSPS) is 12.0. The van der Waals surface area contributed by atoms with E-state index in [1.165, 1.54) is 17.0 Å². The van der Waals surface area contributed by atoms with Gasteiger partial charge in [0.1, 0.15) is 24.1 Å². The third kappa shape index (κ3) is 8.48. The highest BCUT2D eigenvalue weighted by molar-refractivity contribution is 7.92. The van der Waals surface area contributed by atoms with Gasteiger partial charge in [-0.25, -0.2) is 8.42 Å². The summed E-state index contributed by atoms with van der Waals surface area (Å²) in [7, 11) is -2.60. The molecule has 1 atom stereocenters. The summed E-state index contributed by atoms with van der Waals surface area (Å²) in [5.41, 5.74) is 1.94. The van der Waals surface area contributed by atoms with Crippen molar-refractivity contribution in [1.82, 2.24) is 10.2 Å². The first-order valence-corrected chi connectivity index (χ1v) is 15.4. The molecular formula is C32H41N3O6S. The number of aryl methyl sites for hydroxylation is 1. The number of nitrogens with zero attached hydrogens (tertiary/aromatic N) is 2. The van der Waals surface area contributed by atoms with Gasteiger partial charge in [-0.05, 0) is 80.8 Å². The summed E-state index contributed by atoms with van der Waals surface area (Å²) in [6, 6.07) is 19.3. The van der Waals surface area contributed by atoms with E-state index in [4.69, 9.17) is 9.47 Å². The maximum absolute atomic E-state index is 14.1. The van der Waals surface area contributed by atoms with E-state index in [1.807, 2.05) is 33.8 Å². The number of methoxy groups -OCH3 is 1. The maximum Gasteiger partial charge on any atom is 0.264 e.